The Hall–Kier alpha value is -1.17. The van der Waals surface area contributed by atoms with Crippen molar-refractivity contribution in [2.75, 3.05) is 45.9 Å². The summed E-state index contributed by atoms with van der Waals surface area (Å²) in [7, 11) is 0. The molecule has 0 N–H and O–H groups in total. The molecule has 144 valence electrons. The van der Waals surface area contributed by atoms with Crippen LogP contribution in [0.3, 0.4) is 0 Å². The molecule has 2 aliphatic rings. The highest BCUT2D eigenvalue weighted by atomic mass is 79.9. The molecule has 0 unspecified atom stereocenters. The lowest BCUT2D eigenvalue weighted by Gasteiger charge is -2.33. The van der Waals surface area contributed by atoms with Crippen LogP contribution in [0.2, 0.25) is 0 Å². The average molecular weight is 423 g/mol. The van der Waals surface area contributed by atoms with E-state index >= 15 is 0 Å². The van der Waals surface area contributed by atoms with Crippen LogP contribution in [0.1, 0.15) is 29.5 Å². The predicted molar refractivity (Wildman–Crippen MR) is 112 cm³/mol. The van der Waals surface area contributed by atoms with Crippen LogP contribution in [-0.4, -0.2) is 61.6 Å². The van der Waals surface area contributed by atoms with Crippen molar-refractivity contribution in [2.24, 2.45) is 5.92 Å². The van der Waals surface area contributed by atoms with E-state index in [2.05, 4.69) is 49.1 Å². The molecule has 0 saturated carbocycles. The van der Waals surface area contributed by atoms with Gasteiger partial charge >= 0.3 is 0 Å². The van der Waals surface area contributed by atoms with E-state index in [-0.39, 0.29) is 22.9 Å². The van der Waals surface area contributed by atoms with Crippen LogP contribution < -0.4 is 0 Å². The van der Waals surface area contributed by atoms with Crippen molar-refractivity contribution in [1.82, 2.24) is 9.80 Å². The number of rotatable bonds is 4. The summed E-state index contributed by atoms with van der Waals surface area (Å²) in [6, 6.07) is 6.44. The molecule has 2 aliphatic heterocycles. The van der Waals surface area contributed by atoms with Gasteiger partial charge in [-0.25, -0.2) is 0 Å². The molecule has 0 aliphatic carbocycles. The summed E-state index contributed by atoms with van der Waals surface area (Å²) >= 11 is 0. The van der Waals surface area contributed by atoms with Crippen molar-refractivity contribution in [2.45, 2.75) is 26.7 Å². The van der Waals surface area contributed by atoms with Gasteiger partial charge in [-0.05, 0) is 49.3 Å². The van der Waals surface area contributed by atoms with Crippen LogP contribution in [0.25, 0.3) is 6.08 Å². The molecule has 26 heavy (non-hydrogen) atoms. The summed E-state index contributed by atoms with van der Waals surface area (Å²) < 4.78 is 5.35. The highest BCUT2D eigenvalue weighted by molar-refractivity contribution is 8.93. The van der Waals surface area contributed by atoms with Gasteiger partial charge in [0.1, 0.15) is 0 Å². The molecule has 5 heteroatoms. The number of ether oxygens (including phenoxy) is 1. The zero-order valence-corrected chi connectivity index (χ0v) is 17.7. The summed E-state index contributed by atoms with van der Waals surface area (Å²) in [5.74, 6) is 0.852. The van der Waals surface area contributed by atoms with E-state index in [4.69, 9.17) is 4.74 Å². The molecule has 1 amide bonds. The number of aryl methyl sites for hydroxylation is 2. The Labute approximate surface area is 168 Å². The van der Waals surface area contributed by atoms with E-state index in [0.717, 1.165) is 52.2 Å². The van der Waals surface area contributed by atoms with Gasteiger partial charge in [-0.2, -0.15) is 0 Å². The Morgan fingerprint density at radius 3 is 2.35 bits per heavy atom. The molecular formula is C21H31BrN2O2. The van der Waals surface area contributed by atoms with Crippen LogP contribution in [-0.2, 0) is 9.53 Å². The minimum absolute atomic E-state index is 0. The van der Waals surface area contributed by atoms with Crippen molar-refractivity contribution >= 4 is 29.0 Å². The Balaban J connectivity index is 0.00000243. The van der Waals surface area contributed by atoms with Crippen LogP contribution in [0.5, 0.6) is 0 Å². The highest BCUT2D eigenvalue weighted by Gasteiger charge is 2.23. The Kier molecular flexibility index (Phi) is 8.32. The number of benzene rings is 1. The lowest BCUT2D eigenvalue weighted by Crippen LogP contribution is -2.46. The minimum atomic E-state index is 0. The first-order chi connectivity index (χ1) is 12.1. The fraction of sp³-hybridized carbons (Fsp3) is 0.571. The Morgan fingerprint density at radius 1 is 1.12 bits per heavy atom. The molecule has 0 bridgehead atoms. The summed E-state index contributed by atoms with van der Waals surface area (Å²) in [6.07, 6.45) is 6.76. The van der Waals surface area contributed by atoms with Gasteiger partial charge in [0.15, 0.2) is 0 Å². The van der Waals surface area contributed by atoms with Crippen LogP contribution >= 0.6 is 17.0 Å². The quantitative estimate of drug-likeness (QED) is 0.744. The average Bonchev–Trinajstić information content (AvgIpc) is 2.62. The molecule has 1 aromatic rings. The maximum atomic E-state index is 12.5. The first kappa shape index (κ1) is 21.1. The highest BCUT2D eigenvalue weighted by Crippen LogP contribution is 2.22. The first-order valence-corrected chi connectivity index (χ1v) is 9.46. The second-order valence-corrected chi connectivity index (χ2v) is 7.27. The number of allylic oxidation sites excluding steroid dienone is 1. The fourth-order valence-corrected chi connectivity index (χ4v) is 3.71. The molecule has 2 saturated heterocycles. The maximum Gasteiger partial charge on any atom is 0.236 e. The Morgan fingerprint density at radius 2 is 1.73 bits per heavy atom. The van der Waals surface area contributed by atoms with Crippen LogP contribution in [0.4, 0.5) is 0 Å². The molecule has 0 aromatic heterocycles. The maximum absolute atomic E-state index is 12.5. The molecule has 0 atom stereocenters. The van der Waals surface area contributed by atoms with Crippen molar-refractivity contribution in [3.63, 3.8) is 0 Å². The smallest absolute Gasteiger partial charge is 0.236 e. The summed E-state index contributed by atoms with van der Waals surface area (Å²) in [5.41, 5.74) is 4.00. The third-order valence-electron chi connectivity index (χ3n) is 5.43. The van der Waals surface area contributed by atoms with E-state index < -0.39 is 0 Å². The van der Waals surface area contributed by atoms with E-state index in [9.17, 15) is 4.79 Å². The van der Waals surface area contributed by atoms with Gasteiger partial charge in [0.25, 0.3) is 0 Å². The Bertz CT molecular complexity index is 598. The third-order valence-corrected chi connectivity index (χ3v) is 5.43. The molecule has 2 fully saturated rings. The second kappa shape index (κ2) is 10.2. The van der Waals surface area contributed by atoms with Crippen molar-refractivity contribution in [3.8, 4) is 0 Å². The van der Waals surface area contributed by atoms with Gasteiger partial charge in [-0.3, -0.25) is 9.69 Å². The van der Waals surface area contributed by atoms with Crippen molar-refractivity contribution in [1.29, 1.82) is 0 Å². The number of piperidine rings is 1. The van der Waals surface area contributed by atoms with Gasteiger partial charge in [0, 0.05) is 26.2 Å². The zero-order valence-electron chi connectivity index (χ0n) is 15.9. The minimum Gasteiger partial charge on any atom is -0.379 e. The molecule has 3 rings (SSSR count). The largest absolute Gasteiger partial charge is 0.379 e. The number of nitrogens with zero attached hydrogens (tertiary/aromatic N) is 2. The van der Waals surface area contributed by atoms with Crippen molar-refractivity contribution in [3.05, 3.63) is 41.0 Å². The van der Waals surface area contributed by atoms with E-state index in [1.165, 1.54) is 16.7 Å². The summed E-state index contributed by atoms with van der Waals surface area (Å²) in [5, 5.41) is 0. The van der Waals surface area contributed by atoms with Crippen LogP contribution in [0.15, 0.2) is 24.3 Å². The van der Waals surface area contributed by atoms with E-state index in [1.807, 2.05) is 4.90 Å². The SMILES string of the molecule is Br.Cc1cccc(C)c1/C=C/C1CCN(C(=O)CN2CCOCC2)CC1. The number of hydrogen-bond acceptors (Lipinski definition) is 3. The molecule has 4 nitrogen and oxygen atoms in total. The van der Waals surface area contributed by atoms with Gasteiger partial charge < -0.3 is 9.64 Å². The normalized spacial score (nSPS) is 19.5. The number of hydrogen-bond donors (Lipinski definition) is 0. The number of amides is 1. The van der Waals surface area contributed by atoms with Crippen molar-refractivity contribution < 1.29 is 9.53 Å². The number of carbonyl (C=O) groups is 1. The van der Waals surface area contributed by atoms with Crippen LogP contribution in [0, 0.1) is 19.8 Å². The topological polar surface area (TPSA) is 32.8 Å². The number of likely N-dealkylation sites (tertiary alicyclic amines) is 1. The third kappa shape index (κ3) is 5.66. The predicted octanol–water partition coefficient (Wildman–Crippen LogP) is 3.47. The van der Waals surface area contributed by atoms with Gasteiger partial charge in [0.2, 0.25) is 5.91 Å². The molecule has 2 heterocycles. The zero-order chi connectivity index (χ0) is 17.6. The first-order valence-electron chi connectivity index (χ1n) is 9.46. The molecule has 1 aromatic carbocycles. The fourth-order valence-electron chi connectivity index (χ4n) is 3.71. The molecule has 0 spiro atoms. The summed E-state index contributed by atoms with van der Waals surface area (Å²) in [4.78, 5) is 16.7. The second-order valence-electron chi connectivity index (χ2n) is 7.27. The molecule has 0 radical (unpaired) electrons. The number of carbonyl (C=O) groups excluding carboxylic acids is 1. The summed E-state index contributed by atoms with van der Waals surface area (Å²) in [6.45, 7) is 9.89. The van der Waals surface area contributed by atoms with E-state index in [0.29, 0.717) is 12.5 Å². The van der Waals surface area contributed by atoms with Gasteiger partial charge in [0.05, 0.1) is 19.8 Å². The molecular weight excluding hydrogens is 392 g/mol. The standard InChI is InChI=1S/C21H30N2O2.BrH/c1-17-4-3-5-18(2)20(17)7-6-19-8-10-23(11-9-19)21(24)16-22-12-14-25-15-13-22;/h3-7,19H,8-16H2,1-2H3;1H/b7-6+;. The van der Waals surface area contributed by atoms with E-state index in [1.54, 1.807) is 0 Å². The number of morpholine rings is 1. The lowest BCUT2D eigenvalue weighted by molar-refractivity contribution is -0.134. The van der Waals surface area contributed by atoms with Gasteiger partial charge in [-0.15, -0.1) is 17.0 Å². The number of halogens is 1. The lowest BCUT2D eigenvalue weighted by atomic mass is 9.94. The monoisotopic (exact) mass is 422 g/mol. The van der Waals surface area contributed by atoms with Gasteiger partial charge in [-0.1, -0.05) is 30.4 Å².